The first-order valence-electron chi connectivity index (χ1n) is 8.39. The molecule has 0 bridgehead atoms. The summed E-state index contributed by atoms with van der Waals surface area (Å²) in [5.41, 5.74) is 0.995. The minimum absolute atomic E-state index is 0.408. The Morgan fingerprint density at radius 2 is 1.90 bits per heavy atom. The van der Waals surface area contributed by atoms with Crippen LogP contribution in [0, 0.1) is 5.92 Å². The Balaban J connectivity index is 1.71. The first kappa shape index (κ1) is 16.5. The van der Waals surface area contributed by atoms with Crippen molar-refractivity contribution in [1.82, 2.24) is 10.2 Å². The average Bonchev–Trinajstić information content (AvgIpc) is 2.54. The summed E-state index contributed by atoms with van der Waals surface area (Å²) in [6.45, 7) is 8.85. The number of likely N-dealkylation sites (tertiary alicyclic amines) is 1. The zero-order valence-electron chi connectivity index (χ0n) is 13.5. The summed E-state index contributed by atoms with van der Waals surface area (Å²) >= 11 is 0. The van der Waals surface area contributed by atoms with E-state index in [-0.39, 0.29) is 0 Å². The highest BCUT2D eigenvalue weighted by Gasteiger charge is 2.23. The number of nitrogens with zero attached hydrogens (tertiary/aromatic N) is 1. The SMILES string of the molecule is CCCN1CCC(C(C)NCC(O)c2ccccc2)CC1. The molecule has 1 fully saturated rings. The van der Waals surface area contributed by atoms with Crippen molar-refractivity contribution in [2.45, 2.75) is 45.3 Å². The number of nitrogens with one attached hydrogen (secondary N) is 1. The second-order valence-corrected chi connectivity index (χ2v) is 6.30. The van der Waals surface area contributed by atoms with E-state index in [1.54, 1.807) is 0 Å². The molecule has 0 amide bonds. The van der Waals surface area contributed by atoms with Gasteiger partial charge in [-0.05, 0) is 57.3 Å². The number of aliphatic hydroxyl groups excluding tert-OH is 1. The summed E-state index contributed by atoms with van der Waals surface area (Å²) in [5.74, 6) is 0.737. The molecule has 3 nitrogen and oxygen atoms in total. The van der Waals surface area contributed by atoms with Crippen molar-refractivity contribution in [3.8, 4) is 0 Å². The molecule has 0 spiro atoms. The second-order valence-electron chi connectivity index (χ2n) is 6.30. The smallest absolute Gasteiger partial charge is 0.0914 e. The Morgan fingerprint density at radius 1 is 1.24 bits per heavy atom. The average molecular weight is 290 g/mol. The van der Waals surface area contributed by atoms with E-state index >= 15 is 0 Å². The van der Waals surface area contributed by atoms with Gasteiger partial charge in [-0.1, -0.05) is 37.3 Å². The normalized spacial score (nSPS) is 20.3. The van der Waals surface area contributed by atoms with Crippen LogP contribution >= 0.6 is 0 Å². The third kappa shape index (κ3) is 5.10. The van der Waals surface area contributed by atoms with Gasteiger partial charge in [-0.3, -0.25) is 0 Å². The molecule has 1 saturated heterocycles. The summed E-state index contributed by atoms with van der Waals surface area (Å²) in [7, 11) is 0. The Hall–Kier alpha value is -0.900. The molecule has 1 aliphatic heterocycles. The number of rotatable bonds is 7. The van der Waals surface area contributed by atoms with Gasteiger partial charge in [0.15, 0.2) is 0 Å². The van der Waals surface area contributed by atoms with Gasteiger partial charge in [-0.2, -0.15) is 0 Å². The fourth-order valence-electron chi connectivity index (χ4n) is 3.25. The van der Waals surface area contributed by atoms with Crippen molar-refractivity contribution in [2.24, 2.45) is 5.92 Å². The number of hydrogen-bond acceptors (Lipinski definition) is 3. The summed E-state index contributed by atoms with van der Waals surface area (Å²) < 4.78 is 0. The van der Waals surface area contributed by atoms with Gasteiger partial charge in [-0.15, -0.1) is 0 Å². The van der Waals surface area contributed by atoms with Gasteiger partial charge >= 0.3 is 0 Å². The van der Waals surface area contributed by atoms with E-state index in [4.69, 9.17) is 0 Å². The van der Waals surface area contributed by atoms with Gasteiger partial charge in [0.2, 0.25) is 0 Å². The van der Waals surface area contributed by atoms with Crippen molar-refractivity contribution >= 4 is 0 Å². The predicted octanol–water partition coefficient (Wildman–Crippen LogP) is 2.82. The summed E-state index contributed by atoms with van der Waals surface area (Å²) in [4.78, 5) is 2.57. The van der Waals surface area contributed by atoms with E-state index in [0.29, 0.717) is 12.6 Å². The lowest BCUT2D eigenvalue weighted by Crippen LogP contribution is -2.43. The Kier molecular flexibility index (Phi) is 6.68. The third-order valence-corrected chi connectivity index (χ3v) is 4.70. The molecular formula is C18H30N2O. The summed E-state index contributed by atoms with van der Waals surface area (Å²) in [6, 6.07) is 10.4. The largest absolute Gasteiger partial charge is 0.387 e. The fourth-order valence-corrected chi connectivity index (χ4v) is 3.25. The van der Waals surface area contributed by atoms with Gasteiger partial charge in [0.1, 0.15) is 0 Å². The molecule has 0 saturated carbocycles. The van der Waals surface area contributed by atoms with Crippen LogP contribution in [-0.4, -0.2) is 42.2 Å². The quantitative estimate of drug-likeness (QED) is 0.810. The summed E-state index contributed by atoms with van der Waals surface area (Å²) in [6.07, 6.45) is 3.39. The van der Waals surface area contributed by atoms with E-state index in [0.717, 1.165) is 11.5 Å². The minimum atomic E-state index is -0.408. The predicted molar refractivity (Wildman–Crippen MR) is 88.3 cm³/mol. The first-order valence-corrected chi connectivity index (χ1v) is 8.39. The van der Waals surface area contributed by atoms with Crippen molar-refractivity contribution < 1.29 is 5.11 Å². The highest BCUT2D eigenvalue weighted by atomic mass is 16.3. The molecule has 1 aliphatic rings. The van der Waals surface area contributed by atoms with Crippen LogP contribution in [0.4, 0.5) is 0 Å². The molecule has 1 heterocycles. The topological polar surface area (TPSA) is 35.5 Å². The lowest BCUT2D eigenvalue weighted by Gasteiger charge is -2.35. The molecule has 21 heavy (non-hydrogen) atoms. The molecule has 2 N–H and O–H groups in total. The van der Waals surface area contributed by atoms with Crippen LogP contribution in [0.25, 0.3) is 0 Å². The van der Waals surface area contributed by atoms with Crippen LogP contribution in [0.3, 0.4) is 0 Å². The maximum absolute atomic E-state index is 10.2. The van der Waals surface area contributed by atoms with E-state index in [2.05, 4.69) is 24.1 Å². The summed E-state index contributed by atoms with van der Waals surface area (Å²) in [5, 5.41) is 13.7. The molecule has 0 aromatic heterocycles. The molecule has 118 valence electrons. The molecule has 2 unspecified atom stereocenters. The Morgan fingerprint density at radius 3 is 2.52 bits per heavy atom. The maximum atomic E-state index is 10.2. The van der Waals surface area contributed by atoms with Crippen molar-refractivity contribution in [1.29, 1.82) is 0 Å². The second kappa shape index (κ2) is 8.52. The van der Waals surface area contributed by atoms with E-state index in [1.165, 1.54) is 38.9 Å². The highest BCUT2D eigenvalue weighted by molar-refractivity contribution is 5.17. The van der Waals surface area contributed by atoms with Crippen LogP contribution in [0.2, 0.25) is 0 Å². The van der Waals surface area contributed by atoms with Gasteiger partial charge in [0.25, 0.3) is 0 Å². The number of benzene rings is 1. The fraction of sp³-hybridized carbons (Fsp3) is 0.667. The molecule has 1 aromatic carbocycles. The first-order chi connectivity index (χ1) is 10.2. The van der Waals surface area contributed by atoms with Gasteiger partial charge < -0.3 is 15.3 Å². The molecule has 2 rings (SSSR count). The standard InChI is InChI=1S/C18H30N2O/c1-3-11-20-12-9-16(10-13-20)15(2)19-14-18(21)17-7-5-4-6-8-17/h4-8,15-16,18-19,21H,3,9-14H2,1-2H3. The van der Waals surface area contributed by atoms with Crippen LogP contribution in [0.5, 0.6) is 0 Å². The van der Waals surface area contributed by atoms with Gasteiger partial charge in [0.05, 0.1) is 6.10 Å². The minimum Gasteiger partial charge on any atom is -0.387 e. The molecular weight excluding hydrogens is 260 g/mol. The van der Waals surface area contributed by atoms with Crippen molar-refractivity contribution in [2.75, 3.05) is 26.2 Å². The lowest BCUT2D eigenvalue weighted by atomic mass is 9.90. The Labute approximate surface area is 129 Å². The zero-order valence-corrected chi connectivity index (χ0v) is 13.5. The van der Waals surface area contributed by atoms with Crippen LogP contribution in [-0.2, 0) is 0 Å². The Bertz CT molecular complexity index is 387. The number of aliphatic hydroxyl groups is 1. The molecule has 0 aliphatic carbocycles. The third-order valence-electron chi connectivity index (χ3n) is 4.70. The van der Waals surface area contributed by atoms with Crippen molar-refractivity contribution in [3.63, 3.8) is 0 Å². The van der Waals surface area contributed by atoms with E-state index < -0.39 is 6.10 Å². The van der Waals surface area contributed by atoms with Crippen LogP contribution in [0.1, 0.15) is 44.8 Å². The van der Waals surface area contributed by atoms with E-state index in [1.807, 2.05) is 30.3 Å². The maximum Gasteiger partial charge on any atom is 0.0914 e. The van der Waals surface area contributed by atoms with Gasteiger partial charge in [-0.25, -0.2) is 0 Å². The van der Waals surface area contributed by atoms with Crippen LogP contribution < -0.4 is 5.32 Å². The number of hydrogen-bond donors (Lipinski definition) is 2. The molecule has 0 radical (unpaired) electrons. The van der Waals surface area contributed by atoms with Crippen LogP contribution in [0.15, 0.2) is 30.3 Å². The molecule has 2 atom stereocenters. The molecule has 3 heteroatoms. The monoisotopic (exact) mass is 290 g/mol. The van der Waals surface area contributed by atoms with Gasteiger partial charge in [0, 0.05) is 12.6 Å². The number of piperidine rings is 1. The van der Waals surface area contributed by atoms with E-state index in [9.17, 15) is 5.11 Å². The highest BCUT2D eigenvalue weighted by Crippen LogP contribution is 2.21. The van der Waals surface area contributed by atoms with Crippen molar-refractivity contribution in [3.05, 3.63) is 35.9 Å². The molecule has 1 aromatic rings. The lowest BCUT2D eigenvalue weighted by molar-refractivity contribution is 0.140. The zero-order chi connectivity index (χ0) is 15.1.